The molecular formula is C21H17NOS. The van der Waals surface area contributed by atoms with Gasteiger partial charge in [0, 0.05) is 17.5 Å². The van der Waals surface area contributed by atoms with E-state index in [1.807, 2.05) is 23.9 Å². The number of hydrogen-bond donors (Lipinski definition) is 1. The molecule has 2 nitrogen and oxygen atoms in total. The highest BCUT2D eigenvalue weighted by atomic mass is 32.2. The number of carbonyl (C=O) groups is 1. The molecule has 0 saturated carbocycles. The van der Waals surface area contributed by atoms with Crippen LogP contribution in [-0.2, 0) is 4.79 Å². The number of hydrogen-bond acceptors (Lipinski definition) is 2. The van der Waals surface area contributed by atoms with Crippen molar-refractivity contribution in [2.45, 2.75) is 17.1 Å². The van der Waals surface area contributed by atoms with Crippen molar-refractivity contribution in [1.29, 1.82) is 0 Å². The van der Waals surface area contributed by atoms with Crippen molar-refractivity contribution < 1.29 is 4.79 Å². The second kappa shape index (κ2) is 6.17. The van der Waals surface area contributed by atoms with Crippen molar-refractivity contribution in [3.63, 3.8) is 0 Å². The van der Waals surface area contributed by atoms with Crippen molar-refractivity contribution in [2.24, 2.45) is 0 Å². The van der Waals surface area contributed by atoms with Gasteiger partial charge in [-0.05, 0) is 46.5 Å². The lowest BCUT2D eigenvalue weighted by Gasteiger charge is -2.13. The van der Waals surface area contributed by atoms with E-state index in [1.165, 1.54) is 34.1 Å². The molecule has 1 aliphatic rings. The number of carbonyl (C=O) groups excluding carboxylic acids is 1. The van der Waals surface area contributed by atoms with Crippen molar-refractivity contribution in [1.82, 2.24) is 0 Å². The first kappa shape index (κ1) is 15.0. The lowest BCUT2D eigenvalue weighted by molar-refractivity contribution is -0.114. The minimum atomic E-state index is -0.0472. The number of nitrogens with one attached hydrogen (secondary N) is 1. The van der Waals surface area contributed by atoms with Gasteiger partial charge in [0.1, 0.15) is 0 Å². The van der Waals surface area contributed by atoms with E-state index in [9.17, 15) is 4.79 Å². The molecule has 24 heavy (non-hydrogen) atoms. The van der Waals surface area contributed by atoms with E-state index in [0.29, 0.717) is 5.25 Å². The first-order valence-electron chi connectivity index (χ1n) is 7.95. The van der Waals surface area contributed by atoms with Gasteiger partial charge in [-0.3, -0.25) is 4.79 Å². The van der Waals surface area contributed by atoms with E-state index in [-0.39, 0.29) is 5.91 Å². The molecule has 0 saturated heterocycles. The highest BCUT2D eigenvalue weighted by Crippen LogP contribution is 2.52. The van der Waals surface area contributed by atoms with Crippen molar-refractivity contribution in [2.75, 3.05) is 5.32 Å². The SMILES string of the molecule is CC(=O)Nc1ccc(SC2c3ccccc3-c3ccccc32)cc1. The van der Waals surface area contributed by atoms with Gasteiger partial charge in [0.2, 0.25) is 5.91 Å². The first-order valence-corrected chi connectivity index (χ1v) is 8.83. The first-order chi connectivity index (χ1) is 11.7. The molecule has 1 aliphatic carbocycles. The second-order valence-electron chi connectivity index (χ2n) is 5.88. The standard InChI is InChI=1S/C21H17NOS/c1-14(23)22-15-10-12-16(13-11-15)24-21-19-8-4-2-6-17(19)18-7-3-5-9-20(18)21/h2-13,21H,1H3,(H,22,23). The smallest absolute Gasteiger partial charge is 0.221 e. The molecule has 0 heterocycles. The summed E-state index contributed by atoms with van der Waals surface area (Å²) in [5, 5.41) is 3.12. The van der Waals surface area contributed by atoms with Crippen LogP contribution >= 0.6 is 11.8 Å². The maximum Gasteiger partial charge on any atom is 0.221 e. The number of thioether (sulfide) groups is 1. The van der Waals surface area contributed by atoms with Gasteiger partial charge < -0.3 is 5.32 Å². The number of benzene rings is 3. The predicted octanol–water partition coefficient (Wildman–Crippen LogP) is 5.51. The van der Waals surface area contributed by atoms with Crippen LogP contribution in [0.4, 0.5) is 5.69 Å². The van der Waals surface area contributed by atoms with Crippen LogP contribution in [-0.4, -0.2) is 5.91 Å². The molecule has 3 aromatic rings. The third-order valence-electron chi connectivity index (χ3n) is 4.21. The van der Waals surface area contributed by atoms with Gasteiger partial charge in [0.25, 0.3) is 0 Å². The van der Waals surface area contributed by atoms with Crippen LogP contribution in [0.5, 0.6) is 0 Å². The van der Waals surface area contributed by atoms with Crippen LogP contribution in [0.2, 0.25) is 0 Å². The molecule has 0 radical (unpaired) electrons. The predicted molar refractivity (Wildman–Crippen MR) is 100 cm³/mol. The van der Waals surface area contributed by atoms with Crippen LogP contribution in [0.3, 0.4) is 0 Å². The highest BCUT2D eigenvalue weighted by Gasteiger charge is 2.28. The molecule has 0 aromatic heterocycles. The van der Waals surface area contributed by atoms with Gasteiger partial charge in [-0.1, -0.05) is 48.5 Å². The van der Waals surface area contributed by atoms with E-state index in [1.54, 1.807) is 0 Å². The highest BCUT2D eigenvalue weighted by molar-refractivity contribution is 7.99. The molecule has 3 aromatic carbocycles. The molecule has 0 spiro atoms. The molecule has 4 rings (SSSR count). The largest absolute Gasteiger partial charge is 0.326 e. The Morgan fingerprint density at radius 3 is 1.92 bits per heavy atom. The zero-order chi connectivity index (χ0) is 16.5. The Kier molecular flexibility index (Phi) is 3.87. The monoisotopic (exact) mass is 331 g/mol. The molecule has 1 amide bonds. The maximum atomic E-state index is 11.1. The molecule has 0 fully saturated rings. The van der Waals surface area contributed by atoms with Crippen molar-refractivity contribution in [3.05, 3.63) is 83.9 Å². The van der Waals surface area contributed by atoms with E-state index >= 15 is 0 Å². The number of fused-ring (bicyclic) bond motifs is 3. The summed E-state index contributed by atoms with van der Waals surface area (Å²) in [6.07, 6.45) is 0. The minimum Gasteiger partial charge on any atom is -0.326 e. The van der Waals surface area contributed by atoms with Gasteiger partial charge in [-0.2, -0.15) is 0 Å². The summed E-state index contributed by atoms with van der Waals surface area (Å²) < 4.78 is 0. The number of amides is 1. The minimum absolute atomic E-state index is 0.0472. The summed E-state index contributed by atoms with van der Waals surface area (Å²) in [4.78, 5) is 12.3. The maximum absolute atomic E-state index is 11.1. The van der Waals surface area contributed by atoms with Crippen LogP contribution in [0.25, 0.3) is 11.1 Å². The molecule has 0 aliphatic heterocycles. The molecule has 118 valence electrons. The zero-order valence-electron chi connectivity index (χ0n) is 13.3. The van der Waals surface area contributed by atoms with Gasteiger partial charge in [-0.25, -0.2) is 0 Å². The zero-order valence-corrected chi connectivity index (χ0v) is 14.1. The fourth-order valence-electron chi connectivity index (χ4n) is 3.19. The molecule has 0 unspecified atom stereocenters. The summed E-state index contributed by atoms with van der Waals surface area (Å²) in [7, 11) is 0. The average Bonchev–Trinajstić information content (AvgIpc) is 2.91. The van der Waals surface area contributed by atoms with Crippen molar-refractivity contribution >= 4 is 23.4 Å². The Balaban J connectivity index is 1.66. The summed E-state index contributed by atoms with van der Waals surface area (Å²) >= 11 is 1.85. The van der Waals surface area contributed by atoms with Gasteiger partial charge in [0.05, 0.1) is 5.25 Å². The van der Waals surface area contributed by atoms with Crippen LogP contribution in [0.15, 0.2) is 77.7 Å². The van der Waals surface area contributed by atoms with Crippen molar-refractivity contribution in [3.8, 4) is 11.1 Å². The fraction of sp³-hybridized carbons (Fsp3) is 0.0952. The lowest BCUT2D eigenvalue weighted by Crippen LogP contribution is -2.05. The Bertz CT molecular complexity index is 856. The molecule has 3 heteroatoms. The summed E-state index contributed by atoms with van der Waals surface area (Å²) in [6.45, 7) is 1.52. The van der Waals surface area contributed by atoms with E-state index in [0.717, 1.165) is 5.69 Å². The number of rotatable bonds is 3. The topological polar surface area (TPSA) is 29.1 Å². The summed E-state index contributed by atoms with van der Waals surface area (Å²) in [5.41, 5.74) is 6.24. The molecule has 0 atom stereocenters. The Labute approximate surface area is 145 Å². The quantitative estimate of drug-likeness (QED) is 0.686. The fourth-order valence-corrected chi connectivity index (χ4v) is 4.42. The van der Waals surface area contributed by atoms with Gasteiger partial charge in [-0.15, -0.1) is 11.8 Å². The van der Waals surface area contributed by atoms with E-state index in [4.69, 9.17) is 0 Å². The normalized spacial score (nSPS) is 12.5. The third-order valence-corrected chi connectivity index (χ3v) is 5.49. The van der Waals surface area contributed by atoms with Crippen LogP contribution in [0.1, 0.15) is 23.3 Å². The van der Waals surface area contributed by atoms with Crippen LogP contribution in [0, 0.1) is 0 Å². The average molecular weight is 331 g/mol. The van der Waals surface area contributed by atoms with E-state index in [2.05, 4.69) is 66.0 Å². The molecular weight excluding hydrogens is 314 g/mol. The summed E-state index contributed by atoms with van der Waals surface area (Å²) in [5.74, 6) is -0.0472. The molecule has 1 N–H and O–H groups in total. The Morgan fingerprint density at radius 1 is 0.833 bits per heavy atom. The van der Waals surface area contributed by atoms with E-state index < -0.39 is 0 Å². The Hall–Kier alpha value is -2.52. The summed E-state index contributed by atoms with van der Waals surface area (Å²) in [6, 6.07) is 25.3. The molecule has 0 bridgehead atoms. The van der Waals surface area contributed by atoms with Crippen LogP contribution < -0.4 is 5.32 Å². The Morgan fingerprint density at radius 2 is 1.38 bits per heavy atom. The van der Waals surface area contributed by atoms with Gasteiger partial charge in [0.15, 0.2) is 0 Å². The number of anilines is 1. The van der Waals surface area contributed by atoms with Gasteiger partial charge >= 0.3 is 0 Å². The second-order valence-corrected chi connectivity index (χ2v) is 7.06. The third kappa shape index (κ3) is 2.72. The lowest BCUT2D eigenvalue weighted by atomic mass is 10.1.